The molecular formula is C30H40ClN3O5. The SMILES string of the molecule is CCCCC(NC(=O)OC(c1ccccc1)C(C)(C)c1cccc(Cl)c1)C(=O)NC(CO)C[C@@H]1CCNC1=O. The van der Waals surface area contributed by atoms with Gasteiger partial charge in [0, 0.05) is 22.9 Å². The fraction of sp³-hybridized carbons (Fsp3) is 0.500. The van der Waals surface area contributed by atoms with Crippen LogP contribution in [0.1, 0.15) is 70.1 Å². The third-order valence-electron chi connectivity index (χ3n) is 7.30. The molecule has 0 spiro atoms. The lowest BCUT2D eigenvalue weighted by atomic mass is 9.76. The molecule has 3 unspecified atom stereocenters. The third-order valence-corrected chi connectivity index (χ3v) is 7.54. The first-order valence-corrected chi connectivity index (χ1v) is 14.0. The molecule has 3 rings (SSSR count). The number of unbranched alkanes of at least 4 members (excludes halogenated alkanes) is 1. The van der Waals surface area contributed by atoms with Gasteiger partial charge in [0.05, 0.1) is 12.6 Å². The molecule has 4 atom stereocenters. The van der Waals surface area contributed by atoms with Crippen LogP contribution in [0.5, 0.6) is 0 Å². The van der Waals surface area contributed by atoms with Gasteiger partial charge in [0.2, 0.25) is 11.8 Å². The van der Waals surface area contributed by atoms with E-state index in [1.165, 1.54) is 0 Å². The Balaban J connectivity index is 1.75. The number of rotatable bonds is 13. The van der Waals surface area contributed by atoms with Gasteiger partial charge in [-0.2, -0.15) is 0 Å². The predicted octanol–water partition coefficient (Wildman–Crippen LogP) is 4.65. The van der Waals surface area contributed by atoms with Gasteiger partial charge in [0.15, 0.2) is 0 Å². The van der Waals surface area contributed by atoms with E-state index in [9.17, 15) is 19.5 Å². The molecule has 39 heavy (non-hydrogen) atoms. The highest BCUT2D eigenvalue weighted by atomic mass is 35.5. The van der Waals surface area contributed by atoms with Gasteiger partial charge in [-0.1, -0.05) is 87.7 Å². The monoisotopic (exact) mass is 557 g/mol. The zero-order chi connectivity index (χ0) is 28.4. The molecule has 2 aromatic carbocycles. The summed E-state index contributed by atoms with van der Waals surface area (Å²) >= 11 is 6.27. The van der Waals surface area contributed by atoms with Gasteiger partial charge in [-0.3, -0.25) is 9.59 Å². The van der Waals surface area contributed by atoms with Crippen LogP contribution >= 0.6 is 11.6 Å². The van der Waals surface area contributed by atoms with Crippen molar-refractivity contribution in [2.45, 2.75) is 76.5 Å². The molecule has 1 aliphatic heterocycles. The minimum absolute atomic E-state index is 0.0683. The summed E-state index contributed by atoms with van der Waals surface area (Å²) in [6, 6.07) is 15.5. The average Bonchev–Trinajstić information content (AvgIpc) is 3.33. The van der Waals surface area contributed by atoms with Crippen LogP contribution in [0.2, 0.25) is 5.02 Å². The molecule has 4 N–H and O–H groups in total. The largest absolute Gasteiger partial charge is 0.440 e. The van der Waals surface area contributed by atoms with Crippen molar-refractivity contribution in [1.82, 2.24) is 16.0 Å². The molecule has 8 nitrogen and oxygen atoms in total. The van der Waals surface area contributed by atoms with Crippen molar-refractivity contribution in [1.29, 1.82) is 0 Å². The number of hydrogen-bond donors (Lipinski definition) is 4. The lowest BCUT2D eigenvalue weighted by molar-refractivity contribution is -0.126. The van der Waals surface area contributed by atoms with E-state index < -0.39 is 35.6 Å². The number of aliphatic hydroxyl groups excluding tert-OH is 1. The van der Waals surface area contributed by atoms with Gasteiger partial charge in [-0.05, 0) is 42.5 Å². The van der Waals surface area contributed by atoms with Crippen LogP contribution in [0.15, 0.2) is 54.6 Å². The maximum Gasteiger partial charge on any atom is 0.408 e. The predicted molar refractivity (Wildman–Crippen MR) is 151 cm³/mol. The van der Waals surface area contributed by atoms with Crippen molar-refractivity contribution >= 4 is 29.5 Å². The van der Waals surface area contributed by atoms with Gasteiger partial charge in [0.1, 0.15) is 12.1 Å². The normalized spacial score (nSPS) is 17.6. The minimum Gasteiger partial charge on any atom is -0.440 e. The lowest BCUT2D eigenvalue weighted by Gasteiger charge is -2.35. The van der Waals surface area contributed by atoms with Gasteiger partial charge in [0.25, 0.3) is 0 Å². The van der Waals surface area contributed by atoms with Crippen LogP contribution in [-0.2, 0) is 19.7 Å². The topological polar surface area (TPSA) is 117 Å². The first-order valence-electron chi connectivity index (χ1n) is 13.6. The third kappa shape index (κ3) is 8.44. The maximum absolute atomic E-state index is 13.3. The van der Waals surface area contributed by atoms with E-state index in [-0.39, 0.29) is 18.4 Å². The number of alkyl carbamates (subject to hydrolysis) is 1. The van der Waals surface area contributed by atoms with Gasteiger partial charge in [-0.25, -0.2) is 4.79 Å². The first kappa shape index (κ1) is 30.4. The second-order valence-electron chi connectivity index (χ2n) is 10.7. The summed E-state index contributed by atoms with van der Waals surface area (Å²) in [7, 11) is 0. The molecule has 212 valence electrons. The average molecular weight is 558 g/mol. The van der Waals surface area contributed by atoms with Gasteiger partial charge < -0.3 is 25.8 Å². The fourth-order valence-electron chi connectivity index (χ4n) is 4.96. The van der Waals surface area contributed by atoms with E-state index in [1.807, 2.05) is 69.3 Å². The van der Waals surface area contributed by atoms with Crippen LogP contribution in [0.3, 0.4) is 0 Å². The Morgan fingerprint density at radius 3 is 2.51 bits per heavy atom. The van der Waals surface area contributed by atoms with Crippen LogP contribution < -0.4 is 16.0 Å². The zero-order valence-corrected chi connectivity index (χ0v) is 23.7. The number of nitrogens with one attached hydrogen (secondary N) is 3. The Hall–Kier alpha value is -3.10. The summed E-state index contributed by atoms with van der Waals surface area (Å²) in [5.41, 5.74) is 1.07. The molecule has 0 radical (unpaired) electrons. The van der Waals surface area contributed by atoms with Crippen molar-refractivity contribution < 1.29 is 24.2 Å². The number of amides is 3. The fourth-order valence-corrected chi connectivity index (χ4v) is 5.15. The first-order chi connectivity index (χ1) is 18.6. The van der Waals surface area contributed by atoms with Crippen LogP contribution in [-0.4, -0.2) is 48.2 Å². The standard InChI is InChI=1S/C30H40ClN3O5/c1-4-5-14-25(28(37)33-24(19-35)17-21-15-16-32-27(21)36)34-29(38)39-26(20-10-7-6-8-11-20)30(2,3)22-12-9-13-23(31)18-22/h6-13,18,21,24-26,35H,4-5,14-17,19H2,1-3H3,(H,32,36)(H,33,37)(H,34,38)/t21-,24?,25?,26?/m0/s1. The molecule has 9 heteroatoms. The number of carbonyl (C=O) groups is 3. The van der Waals surface area contributed by atoms with E-state index in [0.717, 1.165) is 17.5 Å². The van der Waals surface area contributed by atoms with E-state index in [1.54, 1.807) is 6.07 Å². The quantitative estimate of drug-likeness (QED) is 0.286. The highest BCUT2D eigenvalue weighted by Gasteiger charge is 2.37. The number of halogens is 1. The summed E-state index contributed by atoms with van der Waals surface area (Å²) in [5.74, 6) is -0.737. The van der Waals surface area contributed by atoms with Crippen molar-refractivity contribution in [3.8, 4) is 0 Å². The number of hydrogen-bond acceptors (Lipinski definition) is 5. The van der Waals surface area contributed by atoms with Crippen molar-refractivity contribution in [3.05, 3.63) is 70.7 Å². The van der Waals surface area contributed by atoms with E-state index in [0.29, 0.717) is 37.3 Å². The molecule has 1 aliphatic rings. The van der Waals surface area contributed by atoms with Gasteiger partial charge in [-0.15, -0.1) is 0 Å². The smallest absolute Gasteiger partial charge is 0.408 e. The van der Waals surface area contributed by atoms with E-state index >= 15 is 0 Å². The van der Waals surface area contributed by atoms with Crippen molar-refractivity contribution in [2.24, 2.45) is 5.92 Å². The van der Waals surface area contributed by atoms with Crippen molar-refractivity contribution in [3.63, 3.8) is 0 Å². The van der Waals surface area contributed by atoms with E-state index in [4.69, 9.17) is 16.3 Å². The molecule has 1 fully saturated rings. The Bertz CT molecular complexity index is 1110. The minimum atomic E-state index is -0.852. The van der Waals surface area contributed by atoms with Crippen LogP contribution in [0.25, 0.3) is 0 Å². The molecule has 2 aromatic rings. The van der Waals surface area contributed by atoms with E-state index in [2.05, 4.69) is 16.0 Å². The summed E-state index contributed by atoms with van der Waals surface area (Å²) < 4.78 is 6.03. The maximum atomic E-state index is 13.3. The highest BCUT2D eigenvalue weighted by molar-refractivity contribution is 6.30. The Kier molecular flexibility index (Phi) is 11.2. The van der Waals surface area contributed by atoms with Crippen LogP contribution in [0.4, 0.5) is 4.79 Å². The Morgan fingerprint density at radius 2 is 1.90 bits per heavy atom. The second-order valence-corrected chi connectivity index (χ2v) is 11.1. The number of aliphatic hydroxyl groups is 1. The Labute approximate surface area is 235 Å². The highest BCUT2D eigenvalue weighted by Crippen LogP contribution is 2.40. The molecule has 0 aliphatic carbocycles. The number of ether oxygens (including phenoxy) is 1. The van der Waals surface area contributed by atoms with Crippen molar-refractivity contribution in [2.75, 3.05) is 13.2 Å². The van der Waals surface area contributed by atoms with Crippen LogP contribution in [0, 0.1) is 5.92 Å². The van der Waals surface area contributed by atoms with Gasteiger partial charge >= 0.3 is 6.09 Å². The number of carbonyl (C=O) groups excluding carboxylic acids is 3. The molecular weight excluding hydrogens is 518 g/mol. The molecule has 1 saturated heterocycles. The summed E-state index contributed by atoms with van der Waals surface area (Å²) in [6.45, 7) is 6.26. The molecule has 1 heterocycles. The molecule has 0 aromatic heterocycles. The Morgan fingerprint density at radius 1 is 1.15 bits per heavy atom. The molecule has 0 bridgehead atoms. The second kappa shape index (κ2) is 14.3. The zero-order valence-electron chi connectivity index (χ0n) is 22.9. The summed E-state index contributed by atoms with van der Waals surface area (Å²) in [5, 5.41) is 18.8. The lowest BCUT2D eigenvalue weighted by Crippen LogP contribution is -2.51. The number of benzene rings is 2. The molecule has 3 amide bonds. The summed E-state index contributed by atoms with van der Waals surface area (Å²) in [6.07, 6.45) is 1.57. The summed E-state index contributed by atoms with van der Waals surface area (Å²) in [4.78, 5) is 38.5. The molecule has 0 saturated carbocycles.